The second kappa shape index (κ2) is 8.67. The third kappa shape index (κ3) is 6.02. The molecule has 0 saturated heterocycles. The summed E-state index contributed by atoms with van der Waals surface area (Å²) in [6.07, 6.45) is 0.765. The number of hydrogen-bond acceptors (Lipinski definition) is 4. The highest BCUT2D eigenvalue weighted by Crippen LogP contribution is 2.26. The highest BCUT2D eigenvalue weighted by atomic mass is 16.5. The van der Waals surface area contributed by atoms with Gasteiger partial charge in [0.25, 0.3) is 0 Å². The van der Waals surface area contributed by atoms with E-state index >= 15 is 0 Å². The fourth-order valence-corrected chi connectivity index (χ4v) is 2.27. The Labute approximate surface area is 138 Å². The van der Waals surface area contributed by atoms with Gasteiger partial charge in [-0.25, -0.2) is 4.79 Å². The van der Waals surface area contributed by atoms with Crippen molar-refractivity contribution in [1.29, 1.82) is 0 Å². The maximum absolute atomic E-state index is 12.5. The molecule has 0 bridgehead atoms. The van der Waals surface area contributed by atoms with Gasteiger partial charge in [-0.3, -0.25) is 4.79 Å². The molecule has 0 saturated carbocycles. The van der Waals surface area contributed by atoms with Crippen LogP contribution in [0.4, 0.5) is 0 Å². The Morgan fingerprint density at radius 2 is 1.83 bits per heavy atom. The molecule has 1 rings (SSSR count). The first-order valence-electron chi connectivity index (χ1n) is 8.01. The number of rotatable bonds is 7. The Hall–Kier alpha value is -1.88. The quantitative estimate of drug-likeness (QED) is 0.784. The third-order valence-corrected chi connectivity index (χ3v) is 3.53. The van der Waals surface area contributed by atoms with Crippen molar-refractivity contribution >= 4 is 11.9 Å². The SMILES string of the molecule is CCOC(=O)C(c1ccccc1)N(CCC(C)(C)C)C(=O)CN. The molecule has 0 heterocycles. The van der Waals surface area contributed by atoms with Gasteiger partial charge in [0.05, 0.1) is 13.2 Å². The molecule has 0 aliphatic heterocycles. The van der Waals surface area contributed by atoms with Crippen LogP contribution in [0.3, 0.4) is 0 Å². The van der Waals surface area contributed by atoms with Crippen molar-refractivity contribution < 1.29 is 14.3 Å². The van der Waals surface area contributed by atoms with E-state index in [0.717, 1.165) is 12.0 Å². The van der Waals surface area contributed by atoms with Crippen molar-refractivity contribution in [3.05, 3.63) is 35.9 Å². The van der Waals surface area contributed by atoms with Crippen molar-refractivity contribution in [3.8, 4) is 0 Å². The van der Waals surface area contributed by atoms with Gasteiger partial charge in [-0.05, 0) is 24.3 Å². The Morgan fingerprint density at radius 1 is 1.22 bits per heavy atom. The van der Waals surface area contributed by atoms with Gasteiger partial charge in [-0.1, -0.05) is 51.1 Å². The summed E-state index contributed by atoms with van der Waals surface area (Å²) in [5.74, 6) is -0.675. The van der Waals surface area contributed by atoms with Crippen molar-refractivity contribution in [2.75, 3.05) is 19.7 Å². The topological polar surface area (TPSA) is 72.6 Å². The van der Waals surface area contributed by atoms with Crippen molar-refractivity contribution in [1.82, 2.24) is 4.90 Å². The van der Waals surface area contributed by atoms with Crippen LogP contribution in [0.5, 0.6) is 0 Å². The fraction of sp³-hybridized carbons (Fsp3) is 0.556. The number of carbonyl (C=O) groups excluding carboxylic acids is 2. The summed E-state index contributed by atoms with van der Waals surface area (Å²) in [5, 5.41) is 0. The largest absolute Gasteiger partial charge is 0.464 e. The van der Waals surface area contributed by atoms with Gasteiger partial charge in [0.15, 0.2) is 6.04 Å². The predicted octanol–water partition coefficient (Wildman–Crippen LogP) is 2.51. The van der Waals surface area contributed by atoms with Crippen LogP contribution >= 0.6 is 0 Å². The van der Waals surface area contributed by atoms with Gasteiger partial charge >= 0.3 is 5.97 Å². The molecule has 23 heavy (non-hydrogen) atoms. The molecule has 0 aliphatic carbocycles. The first kappa shape index (κ1) is 19.2. The van der Waals surface area contributed by atoms with E-state index in [1.807, 2.05) is 30.3 Å². The van der Waals surface area contributed by atoms with E-state index in [1.165, 1.54) is 0 Å². The van der Waals surface area contributed by atoms with Crippen LogP contribution in [-0.2, 0) is 14.3 Å². The molecular formula is C18H28N2O3. The molecule has 0 aromatic heterocycles. The van der Waals surface area contributed by atoms with Crippen LogP contribution in [-0.4, -0.2) is 36.5 Å². The van der Waals surface area contributed by atoms with Crippen LogP contribution in [0.2, 0.25) is 0 Å². The number of esters is 1. The van der Waals surface area contributed by atoms with Gasteiger partial charge < -0.3 is 15.4 Å². The van der Waals surface area contributed by atoms with E-state index in [-0.39, 0.29) is 24.5 Å². The first-order chi connectivity index (χ1) is 10.8. The van der Waals surface area contributed by atoms with Crippen LogP contribution in [0.1, 0.15) is 45.7 Å². The Balaban J connectivity index is 3.15. The third-order valence-electron chi connectivity index (χ3n) is 3.53. The van der Waals surface area contributed by atoms with Gasteiger partial charge in [0.1, 0.15) is 0 Å². The van der Waals surface area contributed by atoms with Crippen molar-refractivity contribution in [2.24, 2.45) is 11.1 Å². The summed E-state index contributed by atoms with van der Waals surface area (Å²) < 4.78 is 5.19. The van der Waals surface area contributed by atoms with E-state index < -0.39 is 12.0 Å². The maximum atomic E-state index is 12.5. The molecule has 128 valence electrons. The Kier molecular flexibility index (Phi) is 7.23. The molecule has 2 N–H and O–H groups in total. The molecule has 0 radical (unpaired) electrons. The lowest BCUT2D eigenvalue weighted by Gasteiger charge is -2.32. The lowest BCUT2D eigenvalue weighted by atomic mass is 9.91. The average molecular weight is 320 g/mol. The summed E-state index contributed by atoms with van der Waals surface area (Å²) >= 11 is 0. The molecule has 0 aliphatic rings. The standard InChI is InChI=1S/C18H28N2O3/c1-5-23-17(22)16(14-9-7-6-8-10-14)20(15(21)13-19)12-11-18(2,3)4/h6-10,16H,5,11-13,19H2,1-4H3. The number of nitrogens with zero attached hydrogens (tertiary/aromatic N) is 1. The number of amides is 1. The molecular weight excluding hydrogens is 292 g/mol. The number of ether oxygens (including phenoxy) is 1. The summed E-state index contributed by atoms with van der Waals surface area (Å²) in [6, 6.07) is 8.46. The molecule has 1 unspecified atom stereocenters. The lowest BCUT2D eigenvalue weighted by molar-refractivity contribution is -0.155. The van der Waals surface area contributed by atoms with Gasteiger partial charge in [-0.15, -0.1) is 0 Å². The van der Waals surface area contributed by atoms with E-state index in [9.17, 15) is 9.59 Å². The van der Waals surface area contributed by atoms with Crippen molar-refractivity contribution in [3.63, 3.8) is 0 Å². The second-order valence-corrected chi connectivity index (χ2v) is 6.67. The van der Waals surface area contributed by atoms with Crippen LogP contribution in [0, 0.1) is 5.41 Å². The minimum atomic E-state index is -0.755. The molecule has 1 aromatic rings. The van der Waals surface area contributed by atoms with Crippen LogP contribution < -0.4 is 5.73 Å². The number of carbonyl (C=O) groups is 2. The van der Waals surface area contributed by atoms with E-state index in [2.05, 4.69) is 20.8 Å². The van der Waals surface area contributed by atoms with E-state index in [0.29, 0.717) is 6.54 Å². The molecule has 1 atom stereocenters. The normalized spacial score (nSPS) is 12.6. The summed E-state index contributed by atoms with van der Waals surface area (Å²) in [6.45, 7) is 8.64. The minimum absolute atomic E-state index is 0.0447. The molecule has 0 fully saturated rings. The number of benzene rings is 1. The smallest absolute Gasteiger partial charge is 0.333 e. The van der Waals surface area contributed by atoms with E-state index in [4.69, 9.17) is 10.5 Å². The van der Waals surface area contributed by atoms with Crippen LogP contribution in [0.25, 0.3) is 0 Å². The van der Waals surface area contributed by atoms with E-state index in [1.54, 1.807) is 11.8 Å². The molecule has 1 amide bonds. The number of nitrogens with two attached hydrogens (primary N) is 1. The summed E-state index contributed by atoms with van der Waals surface area (Å²) in [7, 11) is 0. The zero-order valence-electron chi connectivity index (χ0n) is 14.5. The molecule has 5 heteroatoms. The zero-order chi connectivity index (χ0) is 17.5. The summed E-state index contributed by atoms with van der Waals surface area (Å²) in [4.78, 5) is 26.4. The van der Waals surface area contributed by atoms with Gasteiger partial charge in [-0.2, -0.15) is 0 Å². The minimum Gasteiger partial charge on any atom is -0.464 e. The predicted molar refractivity (Wildman–Crippen MR) is 90.7 cm³/mol. The second-order valence-electron chi connectivity index (χ2n) is 6.67. The maximum Gasteiger partial charge on any atom is 0.333 e. The number of hydrogen-bond donors (Lipinski definition) is 1. The molecule has 5 nitrogen and oxygen atoms in total. The first-order valence-corrected chi connectivity index (χ1v) is 8.01. The molecule has 0 spiro atoms. The highest BCUT2D eigenvalue weighted by Gasteiger charge is 2.32. The summed E-state index contributed by atoms with van der Waals surface area (Å²) in [5.41, 5.74) is 6.34. The highest BCUT2D eigenvalue weighted by molar-refractivity contribution is 5.86. The fourth-order valence-electron chi connectivity index (χ4n) is 2.27. The Bertz CT molecular complexity index is 509. The monoisotopic (exact) mass is 320 g/mol. The zero-order valence-corrected chi connectivity index (χ0v) is 14.5. The van der Waals surface area contributed by atoms with Crippen LogP contribution in [0.15, 0.2) is 30.3 Å². The lowest BCUT2D eigenvalue weighted by Crippen LogP contribution is -2.44. The molecule has 1 aromatic carbocycles. The van der Waals surface area contributed by atoms with Gasteiger partial charge in [0, 0.05) is 6.54 Å². The average Bonchev–Trinajstić information content (AvgIpc) is 2.50. The Morgan fingerprint density at radius 3 is 2.30 bits per heavy atom. The van der Waals surface area contributed by atoms with Gasteiger partial charge in [0.2, 0.25) is 5.91 Å². The van der Waals surface area contributed by atoms with Crippen molar-refractivity contribution in [2.45, 2.75) is 40.2 Å².